The Morgan fingerprint density at radius 3 is 2.60 bits per heavy atom. The van der Waals surface area contributed by atoms with Crippen molar-refractivity contribution in [2.45, 2.75) is 52.1 Å². The van der Waals surface area contributed by atoms with Gasteiger partial charge in [0, 0.05) is 24.7 Å². The van der Waals surface area contributed by atoms with Crippen LogP contribution in [0.5, 0.6) is 0 Å². The van der Waals surface area contributed by atoms with Gasteiger partial charge in [-0.1, -0.05) is 6.58 Å². The lowest BCUT2D eigenvalue weighted by atomic mass is 10.1. The van der Waals surface area contributed by atoms with Crippen LogP contribution in [0, 0.1) is 0 Å². The second kappa shape index (κ2) is 5.13. The molecule has 1 aliphatic rings. The number of rotatable bonds is 4. The van der Waals surface area contributed by atoms with Crippen molar-refractivity contribution in [1.82, 2.24) is 10.2 Å². The first-order valence-corrected chi connectivity index (χ1v) is 6.04. The van der Waals surface area contributed by atoms with Crippen LogP contribution >= 0.6 is 0 Å². The standard InChI is InChI=1S/C13H26N2/c1-11(9-14-13(3,4)5)10-15-8-6-7-12(15)2/h12,14H,1,6-10H2,2-5H3. The maximum Gasteiger partial charge on any atom is 0.0205 e. The molecule has 0 aromatic carbocycles. The fraction of sp³-hybridized carbons (Fsp3) is 0.846. The highest BCUT2D eigenvalue weighted by molar-refractivity contribution is 5.02. The van der Waals surface area contributed by atoms with Crippen LogP contribution in [0.4, 0.5) is 0 Å². The summed E-state index contributed by atoms with van der Waals surface area (Å²) in [5, 5.41) is 3.48. The predicted octanol–water partition coefficient (Wildman–Crippen LogP) is 2.42. The zero-order valence-corrected chi connectivity index (χ0v) is 10.8. The molecule has 1 unspecified atom stereocenters. The number of nitrogens with one attached hydrogen (secondary N) is 1. The lowest BCUT2D eigenvalue weighted by Gasteiger charge is -2.25. The Hall–Kier alpha value is -0.340. The average Bonchev–Trinajstić information content (AvgIpc) is 2.47. The molecule has 88 valence electrons. The quantitative estimate of drug-likeness (QED) is 0.717. The molecule has 0 aromatic rings. The molecule has 0 aliphatic carbocycles. The van der Waals surface area contributed by atoms with Crippen molar-refractivity contribution >= 4 is 0 Å². The summed E-state index contributed by atoms with van der Waals surface area (Å²) in [5.41, 5.74) is 1.50. The smallest absolute Gasteiger partial charge is 0.0205 e. The van der Waals surface area contributed by atoms with E-state index in [4.69, 9.17) is 0 Å². The van der Waals surface area contributed by atoms with Gasteiger partial charge in [0.05, 0.1) is 0 Å². The zero-order valence-electron chi connectivity index (χ0n) is 10.8. The first-order chi connectivity index (χ1) is 6.88. The van der Waals surface area contributed by atoms with Gasteiger partial charge in [0.1, 0.15) is 0 Å². The van der Waals surface area contributed by atoms with Crippen molar-refractivity contribution in [3.8, 4) is 0 Å². The van der Waals surface area contributed by atoms with Crippen molar-refractivity contribution in [3.05, 3.63) is 12.2 Å². The van der Waals surface area contributed by atoms with Gasteiger partial charge in [0.15, 0.2) is 0 Å². The molecule has 1 N–H and O–H groups in total. The number of nitrogens with zero attached hydrogens (tertiary/aromatic N) is 1. The van der Waals surface area contributed by atoms with Crippen LogP contribution in [0.15, 0.2) is 12.2 Å². The topological polar surface area (TPSA) is 15.3 Å². The van der Waals surface area contributed by atoms with Crippen molar-refractivity contribution in [3.63, 3.8) is 0 Å². The van der Waals surface area contributed by atoms with E-state index in [1.165, 1.54) is 25.0 Å². The second-order valence-corrected chi connectivity index (χ2v) is 5.82. The summed E-state index contributed by atoms with van der Waals surface area (Å²) in [6.07, 6.45) is 2.70. The summed E-state index contributed by atoms with van der Waals surface area (Å²) in [6.45, 7) is 16.3. The molecule has 15 heavy (non-hydrogen) atoms. The van der Waals surface area contributed by atoms with Crippen LogP contribution in [-0.2, 0) is 0 Å². The van der Waals surface area contributed by atoms with E-state index in [9.17, 15) is 0 Å². The number of hydrogen-bond acceptors (Lipinski definition) is 2. The van der Waals surface area contributed by atoms with Crippen LogP contribution in [0.3, 0.4) is 0 Å². The molecule has 0 saturated carbocycles. The van der Waals surface area contributed by atoms with Gasteiger partial charge in [0.25, 0.3) is 0 Å². The van der Waals surface area contributed by atoms with Gasteiger partial charge < -0.3 is 5.32 Å². The Labute approximate surface area is 94.7 Å². The summed E-state index contributed by atoms with van der Waals surface area (Å²) in [6, 6.07) is 0.747. The molecular formula is C13H26N2. The van der Waals surface area contributed by atoms with E-state index >= 15 is 0 Å². The number of hydrogen-bond donors (Lipinski definition) is 1. The molecule has 0 radical (unpaired) electrons. The minimum absolute atomic E-state index is 0.194. The summed E-state index contributed by atoms with van der Waals surface area (Å²) >= 11 is 0. The molecule has 2 heteroatoms. The Morgan fingerprint density at radius 2 is 2.13 bits per heavy atom. The van der Waals surface area contributed by atoms with Crippen LogP contribution < -0.4 is 5.32 Å². The Kier molecular flexibility index (Phi) is 4.35. The van der Waals surface area contributed by atoms with Crippen molar-refractivity contribution in [2.24, 2.45) is 0 Å². The molecule has 1 rings (SSSR count). The maximum absolute atomic E-state index is 4.15. The third-order valence-corrected chi connectivity index (χ3v) is 2.99. The second-order valence-electron chi connectivity index (χ2n) is 5.82. The van der Waals surface area contributed by atoms with Gasteiger partial charge in [-0.25, -0.2) is 0 Å². The summed E-state index contributed by atoms with van der Waals surface area (Å²) < 4.78 is 0. The largest absolute Gasteiger partial charge is 0.308 e. The van der Waals surface area contributed by atoms with E-state index in [-0.39, 0.29) is 5.54 Å². The first-order valence-electron chi connectivity index (χ1n) is 6.04. The minimum Gasteiger partial charge on any atom is -0.308 e. The molecule has 2 nitrogen and oxygen atoms in total. The monoisotopic (exact) mass is 210 g/mol. The molecule has 1 heterocycles. The summed E-state index contributed by atoms with van der Waals surface area (Å²) in [5.74, 6) is 0. The molecule has 1 fully saturated rings. The zero-order chi connectivity index (χ0) is 11.5. The Bertz CT molecular complexity index is 215. The van der Waals surface area contributed by atoms with E-state index in [2.05, 4.69) is 44.5 Å². The van der Waals surface area contributed by atoms with Gasteiger partial charge in [-0.2, -0.15) is 0 Å². The summed E-state index contributed by atoms with van der Waals surface area (Å²) in [4.78, 5) is 2.53. The van der Waals surface area contributed by atoms with Crippen LogP contribution in [0.1, 0.15) is 40.5 Å². The molecule has 1 atom stereocenters. The highest BCUT2D eigenvalue weighted by atomic mass is 15.2. The van der Waals surface area contributed by atoms with Crippen LogP contribution in [-0.4, -0.2) is 36.1 Å². The molecule has 1 aliphatic heterocycles. The summed E-state index contributed by atoms with van der Waals surface area (Å²) in [7, 11) is 0. The van der Waals surface area contributed by atoms with E-state index in [0.717, 1.165) is 19.1 Å². The van der Waals surface area contributed by atoms with Gasteiger partial charge in [-0.15, -0.1) is 0 Å². The van der Waals surface area contributed by atoms with E-state index in [0.29, 0.717) is 0 Å². The maximum atomic E-state index is 4.15. The Balaban J connectivity index is 2.24. The van der Waals surface area contributed by atoms with Crippen LogP contribution in [0.2, 0.25) is 0 Å². The van der Waals surface area contributed by atoms with Gasteiger partial charge >= 0.3 is 0 Å². The average molecular weight is 210 g/mol. The lowest BCUT2D eigenvalue weighted by Crippen LogP contribution is -2.39. The van der Waals surface area contributed by atoms with Gasteiger partial charge in [0.2, 0.25) is 0 Å². The Morgan fingerprint density at radius 1 is 1.47 bits per heavy atom. The first kappa shape index (κ1) is 12.7. The molecule has 0 spiro atoms. The highest BCUT2D eigenvalue weighted by Gasteiger charge is 2.20. The third-order valence-electron chi connectivity index (χ3n) is 2.99. The third kappa shape index (κ3) is 4.80. The minimum atomic E-state index is 0.194. The molecule has 0 bridgehead atoms. The van der Waals surface area contributed by atoms with Gasteiger partial charge in [-0.3, -0.25) is 4.90 Å². The normalized spacial score (nSPS) is 23.3. The van der Waals surface area contributed by atoms with E-state index in [1.807, 2.05) is 0 Å². The molecular weight excluding hydrogens is 184 g/mol. The molecule has 0 aromatic heterocycles. The fourth-order valence-corrected chi connectivity index (χ4v) is 1.96. The van der Waals surface area contributed by atoms with E-state index < -0.39 is 0 Å². The van der Waals surface area contributed by atoms with E-state index in [1.54, 1.807) is 0 Å². The predicted molar refractivity (Wildman–Crippen MR) is 67.2 cm³/mol. The molecule has 0 amide bonds. The van der Waals surface area contributed by atoms with Crippen LogP contribution in [0.25, 0.3) is 0 Å². The highest BCUT2D eigenvalue weighted by Crippen LogP contribution is 2.17. The van der Waals surface area contributed by atoms with Crippen molar-refractivity contribution in [2.75, 3.05) is 19.6 Å². The van der Waals surface area contributed by atoms with Crippen molar-refractivity contribution in [1.29, 1.82) is 0 Å². The number of likely N-dealkylation sites (tertiary alicyclic amines) is 1. The van der Waals surface area contributed by atoms with Gasteiger partial charge in [-0.05, 0) is 52.7 Å². The molecule has 1 saturated heterocycles. The SMILES string of the molecule is C=C(CNC(C)(C)C)CN1CCCC1C. The fourth-order valence-electron chi connectivity index (χ4n) is 1.96. The lowest BCUT2D eigenvalue weighted by molar-refractivity contribution is 0.287. The van der Waals surface area contributed by atoms with Crippen molar-refractivity contribution < 1.29 is 0 Å².